The second-order valence-electron chi connectivity index (χ2n) is 21.4. The zero-order chi connectivity index (χ0) is 50.3. The first kappa shape index (κ1) is 54.6. The molecule has 1 aromatic heterocycles. The predicted octanol–water partition coefficient (Wildman–Crippen LogP) is 8.22. The Hall–Kier alpha value is -3.72. The number of ether oxygens (including phenoxy) is 4. The Morgan fingerprint density at radius 1 is 0.855 bits per heavy atom. The number of hydrogen-bond acceptors (Lipinski definition) is 11. The molecule has 13 nitrogen and oxygen atoms in total. The van der Waals surface area contributed by atoms with Crippen molar-refractivity contribution >= 4 is 34.2 Å². The van der Waals surface area contributed by atoms with Crippen LogP contribution in [0.25, 0.3) is 10.9 Å². The maximum absolute atomic E-state index is 14.8. The third kappa shape index (κ3) is 12.3. The third-order valence-electron chi connectivity index (χ3n) is 16.9. The molecule has 2 bridgehead atoms. The first-order valence-electron chi connectivity index (χ1n) is 26.1. The minimum absolute atomic E-state index is 0.0138. The molecule has 15 unspecified atom stereocenters. The van der Waals surface area contributed by atoms with Crippen molar-refractivity contribution in [3.05, 3.63) is 53.8 Å². The lowest BCUT2D eigenvalue weighted by Gasteiger charge is -2.47. The van der Waals surface area contributed by atoms with Crippen LogP contribution in [0, 0.1) is 41.4 Å². The molecule has 4 aliphatic rings. The van der Waals surface area contributed by atoms with Gasteiger partial charge in [0, 0.05) is 76.2 Å². The zero-order valence-corrected chi connectivity index (χ0v) is 43.2. The Morgan fingerprint density at radius 2 is 1.57 bits per heavy atom. The maximum Gasteiger partial charge on any atom is 0.293 e. The van der Waals surface area contributed by atoms with Crippen LogP contribution in [-0.2, 0) is 39.9 Å². The summed E-state index contributed by atoms with van der Waals surface area (Å²) in [7, 11) is 4.86. The fourth-order valence-electron chi connectivity index (χ4n) is 12.4. The van der Waals surface area contributed by atoms with Crippen molar-refractivity contribution in [2.45, 2.75) is 187 Å². The monoisotopic (exact) mass is 961 g/mol. The number of carbonyl (C=O) groups excluding carboxylic acids is 4. The highest BCUT2D eigenvalue weighted by atomic mass is 16.5. The highest BCUT2D eigenvalue weighted by Gasteiger charge is 2.55. The van der Waals surface area contributed by atoms with E-state index in [1.165, 1.54) is 10.4 Å². The molecule has 2 aromatic rings. The van der Waals surface area contributed by atoms with Crippen molar-refractivity contribution < 1.29 is 53.4 Å². The van der Waals surface area contributed by atoms with E-state index in [1.54, 1.807) is 35.2 Å². The number of rotatable bonds is 10. The molecular formula is C56H84N2O11. The molecule has 2 saturated carbocycles. The highest BCUT2D eigenvalue weighted by molar-refractivity contribution is 6.39. The number of aliphatic hydroxyl groups is 3. The highest BCUT2D eigenvalue weighted by Crippen LogP contribution is 2.44. The minimum atomic E-state index is -2.04. The van der Waals surface area contributed by atoms with Gasteiger partial charge in [-0.3, -0.25) is 19.2 Å². The SMILES string of the molecule is CCCn1ccc2cc(OC3CCC(C=C(C)C4CC(=O)C5CCCCN5C(=O)C(=O)C5(O)CC(C(OC)CC(C)C(O)/C(C)=C/C(CC)C(=O)CC(O)C4C)C(OC)CC5C)CC3OC)ccc21. The van der Waals surface area contributed by atoms with Gasteiger partial charge in [0.15, 0.2) is 5.78 Å². The molecule has 15 atom stereocenters. The molecule has 6 rings (SSSR count). The second kappa shape index (κ2) is 24.1. The number of methoxy groups -OCH3 is 3. The number of nitrogens with zero attached hydrogens (tertiary/aromatic N) is 2. The summed E-state index contributed by atoms with van der Waals surface area (Å²) in [5.74, 6) is -4.33. The van der Waals surface area contributed by atoms with E-state index in [0.717, 1.165) is 42.5 Å². The summed E-state index contributed by atoms with van der Waals surface area (Å²) >= 11 is 0. The molecule has 2 aliphatic heterocycles. The van der Waals surface area contributed by atoms with E-state index >= 15 is 0 Å². The van der Waals surface area contributed by atoms with Crippen LogP contribution in [0.3, 0.4) is 0 Å². The lowest BCUT2D eigenvalue weighted by Crippen LogP contribution is -2.61. The number of allylic oxidation sites excluding steroid dienone is 3. The molecular weight excluding hydrogens is 877 g/mol. The second-order valence-corrected chi connectivity index (χ2v) is 21.4. The van der Waals surface area contributed by atoms with Crippen LogP contribution in [0.4, 0.5) is 0 Å². The molecule has 13 heteroatoms. The molecule has 69 heavy (non-hydrogen) atoms. The van der Waals surface area contributed by atoms with Gasteiger partial charge in [0.25, 0.3) is 11.7 Å². The topological polar surface area (TPSA) is 174 Å². The van der Waals surface area contributed by atoms with Crippen molar-refractivity contribution in [3.63, 3.8) is 0 Å². The zero-order valence-electron chi connectivity index (χ0n) is 43.2. The molecule has 1 saturated heterocycles. The van der Waals surface area contributed by atoms with Crippen LogP contribution in [0.1, 0.15) is 132 Å². The molecule has 2 aliphatic carbocycles. The summed E-state index contributed by atoms with van der Waals surface area (Å²) in [4.78, 5) is 59.4. The average molecular weight is 961 g/mol. The molecule has 1 amide bonds. The van der Waals surface area contributed by atoms with Gasteiger partial charge in [-0.1, -0.05) is 52.3 Å². The standard InChI is InChI=1S/C56H84N2O11/c1-11-21-57-23-20-40-29-41(17-18-44(40)57)69-49-19-16-38(28-52(49)68-10)24-33(3)42-30-48(61)45-15-13-14-22-58(45)55(64)54(63)56(65)32-43(51(67-9)27-36(56)6)50(66-8)26-35(5)53(62)34(4)25-39(12-2)47(60)31-46(59)37(42)7/h17-18,20,23-25,29,35-39,42-43,45-46,49-53,59,62,65H,11-16,19,21-22,26-28,30-32H2,1-10H3/b33-24?,34-25+. The van der Waals surface area contributed by atoms with E-state index in [2.05, 4.69) is 42.0 Å². The Balaban J connectivity index is 1.30. The lowest BCUT2D eigenvalue weighted by atomic mass is 9.65. The Labute approximate surface area is 411 Å². The number of fused-ring (bicyclic) bond motifs is 4. The number of Topliss-reactive ketones (excluding diaryl/α,β-unsaturated/α-hetero) is 3. The number of hydrogen-bond donors (Lipinski definition) is 3. The molecule has 3 fully saturated rings. The van der Waals surface area contributed by atoms with E-state index in [1.807, 2.05) is 39.8 Å². The smallest absolute Gasteiger partial charge is 0.293 e. The van der Waals surface area contributed by atoms with Crippen molar-refractivity contribution in [1.29, 1.82) is 0 Å². The summed E-state index contributed by atoms with van der Waals surface area (Å²) < 4.78 is 26.9. The first-order valence-corrected chi connectivity index (χ1v) is 26.1. The summed E-state index contributed by atoms with van der Waals surface area (Å²) in [6.07, 6.45) is 8.65. The van der Waals surface area contributed by atoms with Gasteiger partial charge in [0.2, 0.25) is 0 Å². The van der Waals surface area contributed by atoms with Crippen LogP contribution < -0.4 is 4.74 Å². The van der Waals surface area contributed by atoms with Gasteiger partial charge in [0.05, 0.1) is 36.6 Å². The van der Waals surface area contributed by atoms with Crippen molar-refractivity contribution in [2.24, 2.45) is 41.4 Å². The molecule has 0 radical (unpaired) electrons. The maximum atomic E-state index is 14.8. The van der Waals surface area contributed by atoms with Crippen LogP contribution >= 0.6 is 0 Å². The van der Waals surface area contributed by atoms with Gasteiger partial charge < -0.3 is 43.7 Å². The van der Waals surface area contributed by atoms with Gasteiger partial charge in [-0.25, -0.2) is 0 Å². The Bertz CT molecular complexity index is 2150. The summed E-state index contributed by atoms with van der Waals surface area (Å²) in [5.41, 5.74) is 0.669. The largest absolute Gasteiger partial charge is 0.488 e. The fourth-order valence-corrected chi connectivity index (χ4v) is 12.4. The number of benzene rings is 1. The number of aliphatic hydroxyl groups excluding tert-OH is 2. The molecule has 1 aromatic carbocycles. The minimum Gasteiger partial charge on any atom is -0.488 e. The number of amides is 1. The number of aryl methyl sites for hydroxylation is 1. The fraction of sp³-hybridized carbons (Fsp3) is 0.714. The number of aromatic nitrogens is 1. The predicted molar refractivity (Wildman–Crippen MR) is 267 cm³/mol. The van der Waals surface area contributed by atoms with Crippen LogP contribution in [0.15, 0.2) is 53.8 Å². The van der Waals surface area contributed by atoms with E-state index in [9.17, 15) is 34.5 Å². The summed E-state index contributed by atoms with van der Waals surface area (Å²) in [6.45, 7) is 14.6. The van der Waals surface area contributed by atoms with Crippen LogP contribution in [0.2, 0.25) is 0 Å². The third-order valence-corrected chi connectivity index (χ3v) is 16.9. The molecule has 3 N–H and O–H groups in total. The summed E-state index contributed by atoms with van der Waals surface area (Å²) in [6, 6.07) is 7.45. The van der Waals surface area contributed by atoms with Crippen LogP contribution in [0.5, 0.6) is 5.75 Å². The number of piperidine rings is 1. The number of carbonyl (C=O) groups is 4. The lowest BCUT2D eigenvalue weighted by molar-refractivity contribution is -0.176. The van der Waals surface area contributed by atoms with Crippen LogP contribution in [-0.4, -0.2) is 124 Å². The number of ketones is 3. The van der Waals surface area contributed by atoms with Crippen molar-refractivity contribution in [2.75, 3.05) is 27.9 Å². The first-order chi connectivity index (χ1) is 32.9. The van der Waals surface area contributed by atoms with E-state index in [-0.39, 0.29) is 61.4 Å². The molecule has 384 valence electrons. The quantitative estimate of drug-likeness (QED) is 0.155. The molecule has 3 heterocycles. The van der Waals surface area contributed by atoms with E-state index in [0.29, 0.717) is 50.5 Å². The van der Waals surface area contributed by atoms with Gasteiger partial charge in [-0.2, -0.15) is 0 Å². The van der Waals surface area contributed by atoms with Crippen molar-refractivity contribution in [1.82, 2.24) is 9.47 Å². The van der Waals surface area contributed by atoms with E-state index < -0.39 is 77.3 Å². The van der Waals surface area contributed by atoms with Gasteiger partial charge >= 0.3 is 0 Å². The van der Waals surface area contributed by atoms with Gasteiger partial charge in [-0.05, 0) is 144 Å². The van der Waals surface area contributed by atoms with E-state index in [4.69, 9.17) is 18.9 Å². The van der Waals surface area contributed by atoms with Gasteiger partial charge in [0.1, 0.15) is 23.2 Å². The Kier molecular flexibility index (Phi) is 19.1. The average Bonchev–Trinajstić information content (AvgIpc) is 3.75. The normalized spacial score (nSPS) is 37.2. The summed E-state index contributed by atoms with van der Waals surface area (Å²) in [5, 5.41) is 37.2. The molecule has 0 spiro atoms. The van der Waals surface area contributed by atoms with Gasteiger partial charge in [-0.15, -0.1) is 0 Å². The van der Waals surface area contributed by atoms with Crippen molar-refractivity contribution in [3.8, 4) is 5.75 Å². The Morgan fingerprint density at radius 3 is 2.25 bits per heavy atom.